The van der Waals surface area contributed by atoms with Crippen LogP contribution in [0.3, 0.4) is 0 Å². The number of anilines is 2. The van der Waals surface area contributed by atoms with Gasteiger partial charge in [-0.1, -0.05) is 12.1 Å². The summed E-state index contributed by atoms with van der Waals surface area (Å²) in [6.45, 7) is 0. The van der Waals surface area contributed by atoms with Crippen molar-refractivity contribution in [3.8, 4) is 0 Å². The minimum Gasteiger partial charge on any atom is -0.361 e. The van der Waals surface area contributed by atoms with Crippen LogP contribution >= 0.6 is 0 Å². The summed E-state index contributed by atoms with van der Waals surface area (Å²) in [6.07, 6.45) is 1.86. The Morgan fingerprint density at radius 1 is 1.11 bits per heavy atom. The zero-order valence-corrected chi connectivity index (χ0v) is 9.96. The molecule has 0 aliphatic rings. The molecule has 3 rings (SSSR count). The molecule has 2 N–H and O–H groups in total. The maximum atomic E-state index is 10.9. The molecule has 5 heteroatoms. The predicted molar refractivity (Wildman–Crippen MR) is 74.7 cm³/mol. The Bertz CT molecular complexity index is 749. The molecule has 0 fully saturated rings. The minimum atomic E-state index is -0.392. The number of nitrogens with zero attached hydrogens (tertiary/aromatic N) is 1. The summed E-state index contributed by atoms with van der Waals surface area (Å²) < 4.78 is 0. The van der Waals surface area contributed by atoms with E-state index in [1.54, 1.807) is 18.2 Å². The summed E-state index contributed by atoms with van der Waals surface area (Å²) in [4.78, 5) is 13.7. The maximum Gasteiger partial charge on any atom is 0.292 e. The van der Waals surface area contributed by atoms with Crippen LogP contribution in [0, 0.1) is 10.1 Å². The molecule has 0 saturated heterocycles. The van der Waals surface area contributed by atoms with E-state index in [1.165, 1.54) is 6.07 Å². The fourth-order valence-electron chi connectivity index (χ4n) is 2.03. The highest BCUT2D eigenvalue weighted by molar-refractivity contribution is 5.84. The molecule has 2 aromatic carbocycles. The SMILES string of the molecule is O=[N+]([O-])c1ccccc1Nc1ccc2[nH]ccc2c1. The van der Waals surface area contributed by atoms with Gasteiger partial charge < -0.3 is 10.3 Å². The number of hydrogen-bond donors (Lipinski definition) is 2. The van der Waals surface area contributed by atoms with Crippen LogP contribution < -0.4 is 5.32 Å². The first kappa shape index (κ1) is 11.3. The van der Waals surface area contributed by atoms with Crippen LogP contribution in [0.25, 0.3) is 10.9 Å². The first-order chi connectivity index (χ1) is 9.24. The van der Waals surface area contributed by atoms with E-state index in [1.807, 2.05) is 30.5 Å². The van der Waals surface area contributed by atoms with Gasteiger partial charge in [0.05, 0.1) is 4.92 Å². The number of nitro groups is 1. The zero-order chi connectivity index (χ0) is 13.2. The number of fused-ring (bicyclic) bond motifs is 1. The standard InChI is InChI=1S/C14H11N3O2/c18-17(19)14-4-2-1-3-13(14)16-11-5-6-12-10(9-11)7-8-15-12/h1-9,15-16H. The van der Waals surface area contributed by atoms with E-state index in [9.17, 15) is 10.1 Å². The van der Waals surface area contributed by atoms with E-state index in [0.29, 0.717) is 5.69 Å². The monoisotopic (exact) mass is 253 g/mol. The van der Waals surface area contributed by atoms with Gasteiger partial charge in [0.2, 0.25) is 0 Å². The molecular weight excluding hydrogens is 242 g/mol. The minimum absolute atomic E-state index is 0.0664. The van der Waals surface area contributed by atoms with E-state index in [0.717, 1.165) is 16.6 Å². The van der Waals surface area contributed by atoms with Crippen molar-refractivity contribution in [1.29, 1.82) is 0 Å². The Balaban J connectivity index is 1.98. The van der Waals surface area contributed by atoms with Crippen molar-refractivity contribution in [2.75, 3.05) is 5.32 Å². The molecule has 0 amide bonds. The summed E-state index contributed by atoms with van der Waals surface area (Å²) in [7, 11) is 0. The van der Waals surface area contributed by atoms with Gasteiger partial charge in [0.15, 0.2) is 0 Å². The Morgan fingerprint density at radius 2 is 1.95 bits per heavy atom. The van der Waals surface area contributed by atoms with Gasteiger partial charge in [0, 0.05) is 28.9 Å². The van der Waals surface area contributed by atoms with E-state index >= 15 is 0 Å². The van der Waals surface area contributed by atoms with Crippen molar-refractivity contribution in [2.45, 2.75) is 0 Å². The van der Waals surface area contributed by atoms with Crippen LogP contribution in [-0.2, 0) is 0 Å². The summed E-state index contributed by atoms with van der Waals surface area (Å²) in [5, 5.41) is 15.1. The third kappa shape index (κ3) is 2.13. The number of nitrogens with one attached hydrogen (secondary N) is 2. The smallest absolute Gasteiger partial charge is 0.292 e. The number of nitro benzene ring substituents is 1. The van der Waals surface area contributed by atoms with Crippen LogP contribution in [-0.4, -0.2) is 9.91 Å². The summed E-state index contributed by atoms with van der Waals surface area (Å²) >= 11 is 0. The summed E-state index contributed by atoms with van der Waals surface area (Å²) in [6, 6.07) is 14.3. The maximum absolute atomic E-state index is 10.9. The van der Waals surface area contributed by atoms with E-state index < -0.39 is 4.92 Å². The number of benzene rings is 2. The molecule has 1 aromatic heterocycles. The lowest BCUT2D eigenvalue weighted by molar-refractivity contribution is -0.383. The first-order valence-corrected chi connectivity index (χ1v) is 5.81. The highest BCUT2D eigenvalue weighted by Gasteiger charge is 2.12. The Kier molecular flexibility index (Phi) is 2.64. The molecule has 0 bridgehead atoms. The highest BCUT2D eigenvalue weighted by atomic mass is 16.6. The highest BCUT2D eigenvalue weighted by Crippen LogP contribution is 2.28. The van der Waals surface area contributed by atoms with Crippen LogP contribution in [0.2, 0.25) is 0 Å². The topological polar surface area (TPSA) is 71.0 Å². The van der Waals surface area contributed by atoms with Gasteiger partial charge in [-0.3, -0.25) is 10.1 Å². The number of rotatable bonds is 3. The van der Waals surface area contributed by atoms with Gasteiger partial charge in [0.1, 0.15) is 5.69 Å². The van der Waals surface area contributed by atoms with Gasteiger partial charge >= 0.3 is 0 Å². The molecule has 0 atom stereocenters. The fraction of sp³-hybridized carbons (Fsp3) is 0. The lowest BCUT2D eigenvalue weighted by Crippen LogP contribution is -1.96. The quantitative estimate of drug-likeness (QED) is 0.550. The molecule has 3 aromatic rings. The number of para-hydroxylation sites is 2. The predicted octanol–water partition coefficient (Wildman–Crippen LogP) is 3.82. The van der Waals surface area contributed by atoms with E-state index in [4.69, 9.17) is 0 Å². The van der Waals surface area contributed by atoms with Crippen LogP contribution in [0.4, 0.5) is 17.1 Å². The second kappa shape index (κ2) is 4.45. The van der Waals surface area contributed by atoms with Gasteiger partial charge in [-0.05, 0) is 30.3 Å². The molecular formula is C14H11N3O2. The summed E-state index contributed by atoms with van der Waals surface area (Å²) in [5.74, 6) is 0. The molecule has 0 radical (unpaired) electrons. The largest absolute Gasteiger partial charge is 0.361 e. The Labute approximate surface area is 109 Å². The number of aromatic nitrogens is 1. The van der Waals surface area contributed by atoms with Crippen LogP contribution in [0.1, 0.15) is 0 Å². The van der Waals surface area contributed by atoms with E-state index in [2.05, 4.69) is 10.3 Å². The first-order valence-electron chi connectivity index (χ1n) is 5.81. The average molecular weight is 253 g/mol. The Hall–Kier alpha value is -2.82. The normalized spacial score (nSPS) is 10.5. The van der Waals surface area contributed by atoms with Gasteiger partial charge in [-0.15, -0.1) is 0 Å². The van der Waals surface area contributed by atoms with Gasteiger partial charge in [-0.25, -0.2) is 0 Å². The molecule has 0 saturated carbocycles. The lowest BCUT2D eigenvalue weighted by Gasteiger charge is -2.07. The lowest BCUT2D eigenvalue weighted by atomic mass is 10.2. The number of hydrogen-bond acceptors (Lipinski definition) is 3. The number of aromatic amines is 1. The Morgan fingerprint density at radius 3 is 2.79 bits per heavy atom. The molecule has 0 aliphatic carbocycles. The van der Waals surface area contributed by atoms with Crippen molar-refractivity contribution in [3.05, 3.63) is 64.8 Å². The molecule has 0 spiro atoms. The van der Waals surface area contributed by atoms with Crippen molar-refractivity contribution in [3.63, 3.8) is 0 Å². The molecule has 19 heavy (non-hydrogen) atoms. The second-order valence-corrected chi connectivity index (χ2v) is 4.18. The van der Waals surface area contributed by atoms with Crippen LogP contribution in [0.15, 0.2) is 54.7 Å². The molecule has 5 nitrogen and oxygen atoms in total. The summed E-state index contributed by atoms with van der Waals surface area (Å²) in [5.41, 5.74) is 2.41. The second-order valence-electron chi connectivity index (χ2n) is 4.18. The van der Waals surface area contributed by atoms with Gasteiger partial charge in [0.25, 0.3) is 5.69 Å². The van der Waals surface area contributed by atoms with Crippen molar-refractivity contribution >= 4 is 28.0 Å². The third-order valence-corrected chi connectivity index (χ3v) is 2.93. The van der Waals surface area contributed by atoms with Crippen molar-refractivity contribution < 1.29 is 4.92 Å². The molecule has 94 valence electrons. The molecule has 0 unspecified atom stereocenters. The molecule has 0 aliphatic heterocycles. The van der Waals surface area contributed by atoms with Gasteiger partial charge in [-0.2, -0.15) is 0 Å². The van der Waals surface area contributed by atoms with Crippen molar-refractivity contribution in [1.82, 2.24) is 4.98 Å². The average Bonchev–Trinajstić information content (AvgIpc) is 2.86. The van der Waals surface area contributed by atoms with Crippen LogP contribution in [0.5, 0.6) is 0 Å². The van der Waals surface area contributed by atoms with Crippen molar-refractivity contribution in [2.24, 2.45) is 0 Å². The zero-order valence-electron chi connectivity index (χ0n) is 9.96. The van der Waals surface area contributed by atoms with E-state index in [-0.39, 0.29) is 5.69 Å². The fourth-order valence-corrected chi connectivity index (χ4v) is 2.03. The third-order valence-electron chi connectivity index (χ3n) is 2.93. The molecule has 1 heterocycles. The number of H-pyrrole nitrogens is 1.